The van der Waals surface area contributed by atoms with Crippen LogP contribution >= 0.6 is 11.3 Å². The highest BCUT2D eigenvalue weighted by Crippen LogP contribution is 2.36. The summed E-state index contributed by atoms with van der Waals surface area (Å²) >= 11 is 1.38. The molecule has 23 heavy (non-hydrogen) atoms. The first-order valence-corrected chi connectivity index (χ1v) is 8.44. The highest BCUT2D eigenvalue weighted by atomic mass is 32.1. The Morgan fingerprint density at radius 1 is 1.04 bits per heavy atom. The lowest BCUT2D eigenvalue weighted by molar-refractivity contribution is 0.0503. The van der Waals surface area contributed by atoms with Crippen LogP contribution in [0.2, 0.25) is 0 Å². The molecule has 1 heterocycles. The van der Waals surface area contributed by atoms with Gasteiger partial charge in [0.25, 0.3) is 0 Å². The minimum Gasteiger partial charge on any atom is -0.493 e. The molecule has 0 atom stereocenters. The molecule has 0 aliphatic heterocycles. The zero-order chi connectivity index (χ0) is 16.7. The van der Waals surface area contributed by atoms with Crippen LogP contribution in [0.5, 0.6) is 11.5 Å². The molecule has 0 unspecified atom stereocenters. The van der Waals surface area contributed by atoms with Crippen molar-refractivity contribution >= 4 is 27.4 Å². The Morgan fingerprint density at radius 3 is 2.43 bits per heavy atom. The summed E-state index contributed by atoms with van der Waals surface area (Å²) in [6.45, 7) is 0.625. The summed E-state index contributed by atoms with van der Waals surface area (Å²) in [4.78, 5) is 12.7. The number of carbonyl (C=O) groups excluding carboxylic acids is 1. The number of aliphatic hydroxyl groups excluding tert-OH is 1. The summed E-state index contributed by atoms with van der Waals surface area (Å²) in [5.74, 6) is 0.985. The zero-order valence-electron chi connectivity index (χ0n) is 13.5. The van der Waals surface area contributed by atoms with E-state index in [0.717, 1.165) is 35.8 Å². The highest BCUT2D eigenvalue weighted by molar-refractivity contribution is 7.20. The van der Waals surface area contributed by atoms with E-state index < -0.39 is 0 Å². The van der Waals surface area contributed by atoms with Gasteiger partial charge in [0.15, 0.2) is 11.5 Å². The summed E-state index contributed by atoms with van der Waals surface area (Å²) in [5, 5.41) is 9.63. The van der Waals surface area contributed by atoms with Crippen LogP contribution in [-0.4, -0.2) is 38.5 Å². The monoisotopic (exact) mass is 338 g/mol. The fourth-order valence-electron chi connectivity index (χ4n) is 2.27. The first-order chi connectivity index (χ1) is 11.2. The number of aliphatic hydroxyl groups is 1. The van der Waals surface area contributed by atoms with Gasteiger partial charge in [-0.1, -0.05) is 6.42 Å². The largest absolute Gasteiger partial charge is 0.493 e. The maximum Gasteiger partial charge on any atom is 0.348 e. The number of benzene rings is 1. The molecule has 1 N–H and O–H groups in total. The maximum absolute atomic E-state index is 12.1. The van der Waals surface area contributed by atoms with Crippen molar-refractivity contribution in [3.05, 3.63) is 23.1 Å². The molecular formula is C17H22O5S. The molecule has 5 nitrogen and oxygen atoms in total. The van der Waals surface area contributed by atoms with Crippen LogP contribution in [0, 0.1) is 0 Å². The van der Waals surface area contributed by atoms with Crippen molar-refractivity contribution in [2.75, 3.05) is 27.4 Å². The lowest BCUT2D eigenvalue weighted by atomic mass is 10.2. The predicted molar refractivity (Wildman–Crippen MR) is 90.8 cm³/mol. The number of fused-ring (bicyclic) bond motifs is 1. The van der Waals surface area contributed by atoms with E-state index in [2.05, 4.69) is 0 Å². The fraction of sp³-hybridized carbons (Fsp3) is 0.471. The molecule has 0 radical (unpaired) electrons. The molecule has 2 aromatic rings. The second kappa shape index (κ2) is 8.74. The first-order valence-electron chi connectivity index (χ1n) is 7.63. The molecule has 6 heteroatoms. The van der Waals surface area contributed by atoms with E-state index in [4.69, 9.17) is 19.3 Å². The summed E-state index contributed by atoms with van der Waals surface area (Å²) < 4.78 is 16.8. The Labute approximate surface area is 139 Å². The van der Waals surface area contributed by atoms with E-state index in [-0.39, 0.29) is 12.6 Å². The van der Waals surface area contributed by atoms with Crippen molar-refractivity contribution in [2.45, 2.75) is 25.7 Å². The van der Waals surface area contributed by atoms with Gasteiger partial charge in [0, 0.05) is 17.4 Å². The second-order valence-corrected chi connectivity index (χ2v) is 6.21. The number of unbranched alkanes of at least 4 members (excludes halogenated alkanes) is 3. The van der Waals surface area contributed by atoms with E-state index in [1.165, 1.54) is 11.3 Å². The zero-order valence-corrected chi connectivity index (χ0v) is 14.3. The van der Waals surface area contributed by atoms with Gasteiger partial charge in [-0.05, 0) is 36.8 Å². The normalized spacial score (nSPS) is 10.7. The molecule has 0 amide bonds. The Kier molecular flexibility index (Phi) is 6.67. The van der Waals surface area contributed by atoms with Gasteiger partial charge in [-0.3, -0.25) is 0 Å². The van der Waals surface area contributed by atoms with Crippen LogP contribution in [0.3, 0.4) is 0 Å². The number of carbonyl (C=O) groups is 1. The lowest BCUT2D eigenvalue weighted by Gasteiger charge is -2.06. The maximum atomic E-state index is 12.1. The molecule has 2 rings (SSSR count). The molecule has 0 bridgehead atoms. The molecule has 1 aromatic heterocycles. The van der Waals surface area contributed by atoms with Gasteiger partial charge in [-0.2, -0.15) is 0 Å². The molecule has 1 aromatic carbocycles. The third kappa shape index (κ3) is 4.59. The van der Waals surface area contributed by atoms with Gasteiger partial charge in [0.1, 0.15) is 4.88 Å². The van der Waals surface area contributed by atoms with Crippen LogP contribution in [0.15, 0.2) is 18.2 Å². The fourth-order valence-corrected chi connectivity index (χ4v) is 3.24. The summed E-state index contributed by atoms with van der Waals surface area (Å²) in [6, 6.07) is 5.54. The molecule has 0 spiro atoms. The van der Waals surface area contributed by atoms with Crippen molar-refractivity contribution in [3.8, 4) is 11.5 Å². The predicted octanol–water partition coefficient (Wildman–Crippen LogP) is 3.63. The van der Waals surface area contributed by atoms with Crippen molar-refractivity contribution < 1.29 is 24.1 Å². The van der Waals surface area contributed by atoms with E-state index in [1.807, 2.05) is 18.2 Å². The third-order valence-corrected chi connectivity index (χ3v) is 4.59. The van der Waals surface area contributed by atoms with Gasteiger partial charge in [0.05, 0.1) is 20.8 Å². The Bertz CT molecular complexity index is 609. The lowest BCUT2D eigenvalue weighted by Crippen LogP contribution is -2.04. The van der Waals surface area contributed by atoms with E-state index in [0.29, 0.717) is 23.0 Å². The van der Waals surface area contributed by atoms with E-state index in [1.54, 1.807) is 14.2 Å². The SMILES string of the molecule is COc1cc2cc(C(=O)OCCCCCCO)sc2cc1OC. The number of thiophene rings is 1. The second-order valence-electron chi connectivity index (χ2n) is 5.13. The van der Waals surface area contributed by atoms with Gasteiger partial charge >= 0.3 is 5.97 Å². The molecule has 0 aliphatic rings. The smallest absolute Gasteiger partial charge is 0.348 e. The summed E-state index contributed by atoms with van der Waals surface area (Å²) in [6.07, 6.45) is 3.53. The van der Waals surface area contributed by atoms with E-state index >= 15 is 0 Å². The minimum atomic E-state index is -0.300. The van der Waals surface area contributed by atoms with Gasteiger partial charge < -0.3 is 19.3 Å². The molecule has 0 fully saturated rings. The number of rotatable bonds is 9. The number of esters is 1. The molecule has 0 saturated carbocycles. The summed E-state index contributed by atoms with van der Waals surface area (Å²) in [5.41, 5.74) is 0. The quantitative estimate of drug-likeness (QED) is 0.559. The molecule has 126 valence electrons. The van der Waals surface area contributed by atoms with Crippen LogP contribution in [0.4, 0.5) is 0 Å². The van der Waals surface area contributed by atoms with Crippen LogP contribution < -0.4 is 9.47 Å². The van der Waals surface area contributed by atoms with Crippen molar-refractivity contribution in [2.24, 2.45) is 0 Å². The van der Waals surface area contributed by atoms with Crippen LogP contribution in [0.25, 0.3) is 10.1 Å². The van der Waals surface area contributed by atoms with Crippen LogP contribution in [0.1, 0.15) is 35.4 Å². The van der Waals surface area contributed by atoms with Gasteiger partial charge in [-0.15, -0.1) is 11.3 Å². The molecule has 0 saturated heterocycles. The van der Waals surface area contributed by atoms with Crippen molar-refractivity contribution in [3.63, 3.8) is 0 Å². The Morgan fingerprint density at radius 2 is 1.74 bits per heavy atom. The van der Waals surface area contributed by atoms with Crippen molar-refractivity contribution in [1.29, 1.82) is 0 Å². The van der Waals surface area contributed by atoms with Crippen molar-refractivity contribution in [1.82, 2.24) is 0 Å². The average molecular weight is 338 g/mol. The number of hydrogen-bond donors (Lipinski definition) is 1. The van der Waals surface area contributed by atoms with Crippen LogP contribution in [-0.2, 0) is 4.74 Å². The standard InChI is InChI=1S/C17H22O5S/c1-20-13-9-12-10-16(23-15(12)11-14(13)21-2)17(19)22-8-6-4-3-5-7-18/h9-11,18H,3-8H2,1-2H3. The van der Waals surface area contributed by atoms with Gasteiger partial charge in [-0.25, -0.2) is 4.79 Å². The number of hydrogen-bond acceptors (Lipinski definition) is 6. The van der Waals surface area contributed by atoms with E-state index in [9.17, 15) is 4.79 Å². The number of ether oxygens (including phenoxy) is 3. The third-order valence-electron chi connectivity index (χ3n) is 3.51. The molecular weight excluding hydrogens is 316 g/mol. The minimum absolute atomic E-state index is 0.217. The number of methoxy groups -OCH3 is 2. The topological polar surface area (TPSA) is 65.0 Å². The Balaban J connectivity index is 1.98. The Hall–Kier alpha value is -1.79. The average Bonchev–Trinajstić information content (AvgIpc) is 2.99. The van der Waals surface area contributed by atoms with Gasteiger partial charge in [0.2, 0.25) is 0 Å². The summed E-state index contributed by atoms with van der Waals surface area (Å²) in [7, 11) is 3.17. The molecule has 0 aliphatic carbocycles. The first kappa shape index (κ1) is 17.6. The highest BCUT2D eigenvalue weighted by Gasteiger charge is 2.14.